The molecule has 0 fully saturated rings. The molecule has 0 aliphatic carbocycles. The minimum absolute atomic E-state index is 0.0937. The molecule has 0 atom stereocenters. The van der Waals surface area contributed by atoms with Crippen LogP contribution in [0.1, 0.15) is 10.4 Å². The Morgan fingerprint density at radius 3 is 2.52 bits per heavy atom. The zero-order valence-electron chi connectivity index (χ0n) is 13.8. The number of aromatic nitrogens is 2. The molecular weight excluding hydrogens is 396 g/mol. The van der Waals surface area contributed by atoms with E-state index in [1.165, 1.54) is 0 Å². The van der Waals surface area contributed by atoms with Crippen molar-refractivity contribution in [3.8, 4) is 22.5 Å². The van der Waals surface area contributed by atoms with Crippen LogP contribution in [0.5, 0.6) is 0 Å². The van der Waals surface area contributed by atoms with Crippen molar-refractivity contribution in [3.05, 3.63) is 73.8 Å². The minimum Gasteiger partial charge on any atom is -0.306 e. The molecule has 2 aromatic carbocycles. The lowest BCUT2D eigenvalue weighted by Gasteiger charge is -2.04. The topological polar surface area (TPSA) is 45.8 Å². The number of halogens is 1. The van der Waals surface area contributed by atoms with Crippen LogP contribution in [0.25, 0.3) is 32.7 Å². The zero-order chi connectivity index (χ0) is 17.6. The second kappa shape index (κ2) is 6.24. The van der Waals surface area contributed by atoms with Gasteiger partial charge in [0.15, 0.2) is 0 Å². The lowest BCUT2D eigenvalue weighted by molar-refractivity contribution is 1.19. The number of rotatable bonds is 2. The number of thiophene rings is 1. The molecule has 0 aliphatic rings. The third-order valence-electron chi connectivity index (χ3n) is 4.16. The predicted molar refractivity (Wildman–Crippen MR) is 108 cm³/mol. The molecule has 0 saturated carbocycles. The summed E-state index contributed by atoms with van der Waals surface area (Å²) >= 11 is 5.02. The monoisotopic (exact) mass is 410 g/mol. The Balaban J connectivity index is 1.95. The van der Waals surface area contributed by atoms with E-state index >= 15 is 0 Å². The third-order valence-corrected chi connectivity index (χ3v) is 5.69. The molecule has 5 heteroatoms. The highest BCUT2D eigenvalue weighted by atomic mass is 79.9. The van der Waals surface area contributed by atoms with E-state index in [0.717, 1.165) is 36.4 Å². The maximum Gasteiger partial charge on any atom is 0.260 e. The van der Waals surface area contributed by atoms with Gasteiger partial charge in [-0.2, -0.15) is 0 Å². The predicted octanol–water partition coefficient (Wildman–Crippen LogP) is 5.70. The molecule has 3 nitrogen and oxygen atoms in total. The molecule has 124 valence electrons. The van der Waals surface area contributed by atoms with Gasteiger partial charge in [0.05, 0.1) is 5.39 Å². The fourth-order valence-electron chi connectivity index (χ4n) is 3.01. The first-order valence-corrected chi connectivity index (χ1v) is 9.50. The lowest BCUT2D eigenvalue weighted by Crippen LogP contribution is -2.09. The summed E-state index contributed by atoms with van der Waals surface area (Å²) in [6, 6.07) is 16.0. The third kappa shape index (κ3) is 2.94. The first-order chi connectivity index (χ1) is 12.0. The molecule has 0 spiro atoms. The summed E-state index contributed by atoms with van der Waals surface area (Å²) in [5.74, 6) is 0.616. The van der Waals surface area contributed by atoms with Crippen LogP contribution in [0.3, 0.4) is 0 Å². The SMILES string of the molecule is Cc1cccc(-c2nc3sc(C)c(-c4ccc(Br)cc4)c3c(=O)[nH]2)c1. The number of H-pyrrole nitrogens is 1. The number of nitrogens with zero attached hydrogens (tertiary/aromatic N) is 1. The molecule has 0 bridgehead atoms. The second-order valence-corrected chi connectivity index (χ2v) is 8.12. The van der Waals surface area contributed by atoms with Crippen molar-refractivity contribution in [2.24, 2.45) is 0 Å². The summed E-state index contributed by atoms with van der Waals surface area (Å²) < 4.78 is 1.02. The smallest absolute Gasteiger partial charge is 0.260 e. The van der Waals surface area contributed by atoms with Crippen LogP contribution in [-0.2, 0) is 0 Å². The highest BCUT2D eigenvalue weighted by molar-refractivity contribution is 9.10. The van der Waals surface area contributed by atoms with Gasteiger partial charge in [-0.05, 0) is 37.6 Å². The Bertz CT molecular complexity index is 1140. The van der Waals surface area contributed by atoms with Crippen molar-refractivity contribution in [1.82, 2.24) is 9.97 Å². The lowest BCUT2D eigenvalue weighted by atomic mass is 10.0. The standard InChI is InChI=1S/C20H15BrN2OS/c1-11-4-3-5-14(10-11)18-22-19(24)17-16(12(2)25-20(17)23-18)13-6-8-15(21)9-7-13/h3-10H,1-2H3,(H,22,23,24). The molecule has 0 amide bonds. The van der Waals surface area contributed by atoms with Crippen LogP contribution in [0.2, 0.25) is 0 Å². The molecule has 0 radical (unpaired) electrons. The minimum atomic E-state index is -0.0937. The van der Waals surface area contributed by atoms with Gasteiger partial charge in [-0.25, -0.2) is 4.98 Å². The Morgan fingerprint density at radius 2 is 1.80 bits per heavy atom. The highest BCUT2D eigenvalue weighted by Crippen LogP contribution is 2.36. The number of aromatic amines is 1. The number of nitrogens with one attached hydrogen (secondary N) is 1. The van der Waals surface area contributed by atoms with Crippen LogP contribution in [0.4, 0.5) is 0 Å². The molecule has 4 aromatic rings. The summed E-state index contributed by atoms with van der Waals surface area (Å²) in [6.07, 6.45) is 0. The van der Waals surface area contributed by atoms with Crippen molar-refractivity contribution in [2.45, 2.75) is 13.8 Å². The van der Waals surface area contributed by atoms with E-state index in [1.54, 1.807) is 11.3 Å². The number of hydrogen-bond donors (Lipinski definition) is 1. The highest BCUT2D eigenvalue weighted by Gasteiger charge is 2.17. The Kier molecular flexibility index (Phi) is 4.06. The average molecular weight is 411 g/mol. The van der Waals surface area contributed by atoms with Crippen molar-refractivity contribution in [1.29, 1.82) is 0 Å². The zero-order valence-corrected chi connectivity index (χ0v) is 16.2. The van der Waals surface area contributed by atoms with Gasteiger partial charge in [-0.15, -0.1) is 11.3 Å². The summed E-state index contributed by atoms with van der Waals surface area (Å²) in [7, 11) is 0. The van der Waals surface area contributed by atoms with Crippen LogP contribution < -0.4 is 5.56 Å². The van der Waals surface area contributed by atoms with Gasteiger partial charge < -0.3 is 4.98 Å². The van der Waals surface area contributed by atoms with E-state index < -0.39 is 0 Å². The van der Waals surface area contributed by atoms with Crippen molar-refractivity contribution in [2.75, 3.05) is 0 Å². The van der Waals surface area contributed by atoms with Crippen LogP contribution in [0.15, 0.2) is 57.8 Å². The summed E-state index contributed by atoms with van der Waals surface area (Å²) in [5, 5.41) is 0.668. The Labute approximate surface area is 157 Å². The van der Waals surface area contributed by atoms with Crippen LogP contribution in [0, 0.1) is 13.8 Å². The van der Waals surface area contributed by atoms with Gasteiger partial charge in [0.1, 0.15) is 10.7 Å². The molecule has 2 heterocycles. The van der Waals surface area contributed by atoms with E-state index in [1.807, 2.05) is 62.4 Å². The van der Waals surface area contributed by atoms with Crippen molar-refractivity contribution in [3.63, 3.8) is 0 Å². The first-order valence-electron chi connectivity index (χ1n) is 7.89. The molecule has 25 heavy (non-hydrogen) atoms. The van der Waals surface area contributed by atoms with Gasteiger partial charge >= 0.3 is 0 Å². The number of benzene rings is 2. The van der Waals surface area contributed by atoms with Gasteiger partial charge in [0, 0.05) is 20.5 Å². The number of fused-ring (bicyclic) bond motifs is 1. The van der Waals surface area contributed by atoms with Crippen molar-refractivity contribution >= 4 is 37.5 Å². The van der Waals surface area contributed by atoms with E-state index in [-0.39, 0.29) is 5.56 Å². The van der Waals surface area contributed by atoms with E-state index in [2.05, 4.69) is 20.9 Å². The average Bonchev–Trinajstić information content (AvgIpc) is 2.92. The van der Waals surface area contributed by atoms with Crippen LogP contribution >= 0.6 is 27.3 Å². The second-order valence-electron chi connectivity index (χ2n) is 6.00. The molecule has 2 aromatic heterocycles. The maximum absolute atomic E-state index is 12.8. The van der Waals surface area contributed by atoms with Crippen molar-refractivity contribution < 1.29 is 0 Å². The van der Waals surface area contributed by atoms with Gasteiger partial charge in [0.2, 0.25) is 0 Å². The summed E-state index contributed by atoms with van der Waals surface area (Å²) in [4.78, 5) is 22.4. The summed E-state index contributed by atoms with van der Waals surface area (Å²) in [6.45, 7) is 4.07. The summed E-state index contributed by atoms with van der Waals surface area (Å²) in [5.41, 5.74) is 3.97. The Morgan fingerprint density at radius 1 is 1.04 bits per heavy atom. The van der Waals surface area contributed by atoms with Crippen LogP contribution in [-0.4, -0.2) is 9.97 Å². The van der Waals surface area contributed by atoms with Gasteiger partial charge in [-0.3, -0.25) is 4.79 Å². The fraction of sp³-hybridized carbons (Fsp3) is 0.100. The molecule has 0 saturated heterocycles. The quantitative estimate of drug-likeness (QED) is 0.460. The molecule has 0 unspecified atom stereocenters. The molecule has 0 aliphatic heterocycles. The largest absolute Gasteiger partial charge is 0.306 e. The van der Waals surface area contributed by atoms with E-state index in [9.17, 15) is 4.79 Å². The number of hydrogen-bond acceptors (Lipinski definition) is 3. The van der Waals surface area contributed by atoms with E-state index in [0.29, 0.717) is 11.2 Å². The van der Waals surface area contributed by atoms with Gasteiger partial charge in [-0.1, -0.05) is 51.8 Å². The Hall–Kier alpha value is -2.24. The molecule has 4 rings (SSSR count). The maximum atomic E-state index is 12.8. The first kappa shape index (κ1) is 16.2. The number of aryl methyl sites for hydroxylation is 2. The fourth-order valence-corrected chi connectivity index (χ4v) is 4.32. The molecular formula is C20H15BrN2OS. The normalized spacial score (nSPS) is 11.2. The van der Waals surface area contributed by atoms with E-state index in [4.69, 9.17) is 4.98 Å². The molecule has 1 N–H and O–H groups in total. The van der Waals surface area contributed by atoms with Gasteiger partial charge in [0.25, 0.3) is 5.56 Å².